The molecule has 0 saturated heterocycles. The number of ketones is 1. The van der Waals surface area contributed by atoms with Gasteiger partial charge >= 0.3 is 0 Å². The molecule has 20 heavy (non-hydrogen) atoms. The van der Waals surface area contributed by atoms with Gasteiger partial charge in [-0.2, -0.15) is 0 Å². The van der Waals surface area contributed by atoms with Crippen LogP contribution in [0.15, 0.2) is 68.3 Å². The van der Waals surface area contributed by atoms with Gasteiger partial charge in [-0.05, 0) is 12.0 Å². The zero-order valence-electron chi connectivity index (χ0n) is 11.9. The Hall–Kier alpha value is -1.93. The molecule has 1 atom stereocenters. The summed E-state index contributed by atoms with van der Waals surface area (Å²) in [5.41, 5.74) is -0.115. The fourth-order valence-electron chi connectivity index (χ4n) is 2.16. The predicted octanol–water partition coefficient (Wildman–Crippen LogP) is 4.20. The van der Waals surface area contributed by atoms with Crippen molar-refractivity contribution in [1.29, 1.82) is 0 Å². The van der Waals surface area contributed by atoms with Crippen LogP contribution in [-0.4, -0.2) is 12.4 Å². The molecule has 0 saturated carbocycles. The third kappa shape index (κ3) is 3.78. The Kier molecular flexibility index (Phi) is 6.68. The molecule has 1 aromatic rings. The predicted molar refractivity (Wildman–Crippen MR) is 83.5 cm³/mol. The monoisotopic (exact) mass is 270 g/mol. The van der Waals surface area contributed by atoms with E-state index in [0.717, 1.165) is 5.56 Å². The number of benzene rings is 1. The van der Waals surface area contributed by atoms with Crippen LogP contribution in [0.2, 0.25) is 0 Å². The van der Waals surface area contributed by atoms with Crippen molar-refractivity contribution < 1.29 is 9.53 Å². The highest BCUT2D eigenvalue weighted by Crippen LogP contribution is 2.33. The van der Waals surface area contributed by atoms with Gasteiger partial charge in [0.15, 0.2) is 11.4 Å². The second-order valence-electron chi connectivity index (χ2n) is 4.54. The minimum absolute atomic E-state index is 0.0466. The number of hydrogen-bond donors (Lipinski definition) is 0. The lowest BCUT2D eigenvalue weighted by molar-refractivity contribution is -0.144. The van der Waals surface area contributed by atoms with Gasteiger partial charge in [0.05, 0.1) is 6.61 Å². The third-order valence-electron chi connectivity index (χ3n) is 3.15. The summed E-state index contributed by atoms with van der Waals surface area (Å²) in [6.45, 7) is 11.4. The highest BCUT2D eigenvalue weighted by molar-refractivity contribution is 5.89. The van der Waals surface area contributed by atoms with Crippen LogP contribution in [0.25, 0.3) is 0 Å². The molecule has 0 spiro atoms. The molecular formula is C18H22O2. The van der Waals surface area contributed by atoms with E-state index in [2.05, 4.69) is 19.7 Å². The van der Waals surface area contributed by atoms with Gasteiger partial charge in [0, 0.05) is 12.8 Å². The zero-order chi connectivity index (χ0) is 14.8. The van der Waals surface area contributed by atoms with Crippen LogP contribution in [0.5, 0.6) is 0 Å². The number of rotatable bonds is 10. The second-order valence-corrected chi connectivity index (χ2v) is 4.54. The molecule has 0 fully saturated rings. The molecule has 1 unspecified atom stereocenters. The van der Waals surface area contributed by atoms with Crippen LogP contribution in [0.3, 0.4) is 0 Å². The number of hydrogen-bond acceptors (Lipinski definition) is 2. The smallest absolute Gasteiger partial charge is 0.169 e. The van der Waals surface area contributed by atoms with Crippen molar-refractivity contribution in [2.24, 2.45) is 0 Å². The van der Waals surface area contributed by atoms with E-state index < -0.39 is 5.60 Å². The first kappa shape index (κ1) is 16.1. The molecule has 0 heterocycles. The van der Waals surface area contributed by atoms with Crippen molar-refractivity contribution >= 4 is 5.78 Å². The minimum Gasteiger partial charge on any atom is -0.358 e. The fourth-order valence-corrected chi connectivity index (χ4v) is 2.16. The first-order valence-electron chi connectivity index (χ1n) is 6.76. The molecule has 0 radical (unpaired) electrons. The Morgan fingerprint density at radius 3 is 2.35 bits per heavy atom. The van der Waals surface area contributed by atoms with Gasteiger partial charge in [-0.25, -0.2) is 0 Å². The summed E-state index contributed by atoms with van der Waals surface area (Å²) in [4.78, 5) is 12.7. The second kappa shape index (κ2) is 8.28. The Morgan fingerprint density at radius 1 is 1.10 bits per heavy atom. The highest BCUT2D eigenvalue weighted by Gasteiger charge is 2.38. The summed E-state index contributed by atoms with van der Waals surface area (Å²) in [6.07, 6.45) is 6.62. The average Bonchev–Trinajstić information content (AvgIpc) is 2.50. The molecule has 106 valence electrons. The van der Waals surface area contributed by atoms with Crippen LogP contribution < -0.4 is 0 Å². The van der Waals surface area contributed by atoms with Crippen molar-refractivity contribution in [3.63, 3.8) is 0 Å². The van der Waals surface area contributed by atoms with Crippen LogP contribution in [0, 0.1) is 0 Å². The van der Waals surface area contributed by atoms with Crippen molar-refractivity contribution in [2.75, 3.05) is 6.61 Å². The Balaban J connectivity index is 3.18. The van der Waals surface area contributed by atoms with Gasteiger partial charge in [0.25, 0.3) is 0 Å². The average molecular weight is 270 g/mol. The molecule has 0 amide bonds. The third-order valence-corrected chi connectivity index (χ3v) is 3.15. The minimum atomic E-state index is -0.972. The summed E-state index contributed by atoms with van der Waals surface area (Å²) in [6, 6.07) is 9.57. The summed E-state index contributed by atoms with van der Waals surface area (Å²) in [5, 5.41) is 0. The molecule has 0 aliphatic rings. The van der Waals surface area contributed by atoms with E-state index in [1.54, 1.807) is 18.2 Å². The molecule has 0 bridgehead atoms. The van der Waals surface area contributed by atoms with E-state index in [9.17, 15) is 4.79 Å². The van der Waals surface area contributed by atoms with Crippen molar-refractivity contribution in [2.45, 2.75) is 24.9 Å². The van der Waals surface area contributed by atoms with Gasteiger partial charge in [-0.15, -0.1) is 19.7 Å². The Labute approximate surface area is 121 Å². The van der Waals surface area contributed by atoms with E-state index in [0.29, 0.717) is 25.9 Å². The van der Waals surface area contributed by atoms with E-state index >= 15 is 0 Å². The summed E-state index contributed by atoms with van der Waals surface area (Å²) < 4.78 is 5.89. The summed E-state index contributed by atoms with van der Waals surface area (Å²) >= 11 is 0. The standard InChI is InChI=1S/C18H22O2/c1-4-7-13-17(19)18(14-5-2,20-15-6-3)16-11-9-8-10-12-16/h4-6,8-12H,1-3,7,13-15H2. The number of allylic oxidation sites excluding steroid dienone is 1. The maximum absolute atomic E-state index is 12.7. The van der Waals surface area contributed by atoms with Gasteiger partial charge < -0.3 is 4.74 Å². The fraction of sp³-hybridized carbons (Fsp3) is 0.278. The molecular weight excluding hydrogens is 248 g/mol. The van der Waals surface area contributed by atoms with Crippen molar-refractivity contribution in [3.05, 3.63) is 73.9 Å². The number of ether oxygens (including phenoxy) is 1. The lowest BCUT2D eigenvalue weighted by Crippen LogP contribution is -2.38. The summed E-state index contributed by atoms with van der Waals surface area (Å²) in [5.74, 6) is 0.0466. The van der Waals surface area contributed by atoms with E-state index in [-0.39, 0.29) is 5.78 Å². The first-order chi connectivity index (χ1) is 9.71. The number of Topliss-reactive ketones (excluding diaryl/α,β-unsaturated/α-hetero) is 1. The highest BCUT2D eigenvalue weighted by atomic mass is 16.5. The van der Waals surface area contributed by atoms with Crippen LogP contribution in [0.1, 0.15) is 24.8 Å². The van der Waals surface area contributed by atoms with E-state index in [1.165, 1.54) is 0 Å². The van der Waals surface area contributed by atoms with Crippen LogP contribution in [-0.2, 0) is 15.1 Å². The van der Waals surface area contributed by atoms with Gasteiger partial charge in [0.1, 0.15) is 0 Å². The topological polar surface area (TPSA) is 26.3 Å². The molecule has 1 rings (SSSR count). The molecule has 0 aliphatic carbocycles. The van der Waals surface area contributed by atoms with Gasteiger partial charge in [-0.1, -0.05) is 48.6 Å². The zero-order valence-corrected chi connectivity index (χ0v) is 11.9. The van der Waals surface area contributed by atoms with E-state index in [4.69, 9.17) is 4.74 Å². The van der Waals surface area contributed by atoms with Gasteiger partial charge in [-0.3, -0.25) is 4.79 Å². The van der Waals surface area contributed by atoms with Crippen molar-refractivity contribution in [1.82, 2.24) is 0 Å². The molecule has 0 N–H and O–H groups in total. The molecule has 0 aromatic heterocycles. The molecule has 1 aromatic carbocycles. The normalized spacial score (nSPS) is 13.2. The molecule has 2 heteroatoms. The Morgan fingerprint density at radius 2 is 1.80 bits per heavy atom. The summed E-state index contributed by atoms with van der Waals surface area (Å²) in [7, 11) is 0. The maximum Gasteiger partial charge on any atom is 0.169 e. The van der Waals surface area contributed by atoms with Crippen LogP contribution in [0.4, 0.5) is 0 Å². The number of carbonyl (C=O) groups is 1. The maximum atomic E-state index is 12.7. The lowest BCUT2D eigenvalue weighted by atomic mass is 9.84. The quantitative estimate of drug-likeness (QED) is 0.596. The van der Waals surface area contributed by atoms with E-state index in [1.807, 2.05) is 30.3 Å². The van der Waals surface area contributed by atoms with Gasteiger partial charge in [0.2, 0.25) is 0 Å². The molecule has 2 nitrogen and oxygen atoms in total. The Bertz CT molecular complexity index is 462. The van der Waals surface area contributed by atoms with Crippen LogP contribution >= 0.6 is 0 Å². The molecule has 0 aliphatic heterocycles. The number of carbonyl (C=O) groups excluding carboxylic acids is 1. The largest absolute Gasteiger partial charge is 0.358 e. The van der Waals surface area contributed by atoms with Crippen molar-refractivity contribution in [3.8, 4) is 0 Å². The first-order valence-corrected chi connectivity index (χ1v) is 6.76. The lowest BCUT2D eigenvalue weighted by Gasteiger charge is -2.32. The SMILES string of the molecule is C=CCCC(=O)C(CC=C)(OCC=C)c1ccccc1.